The molecule has 5 heteroatoms. The monoisotopic (exact) mass is 342 g/mol. The van der Waals surface area contributed by atoms with Crippen LogP contribution < -0.4 is 0 Å². The summed E-state index contributed by atoms with van der Waals surface area (Å²) in [6.45, 7) is 5.25. The summed E-state index contributed by atoms with van der Waals surface area (Å²) < 4.78 is 6.07. The number of likely N-dealkylation sites (tertiary alicyclic amines) is 1. The van der Waals surface area contributed by atoms with E-state index in [1.54, 1.807) is 6.08 Å². The van der Waals surface area contributed by atoms with Gasteiger partial charge in [-0.25, -0.2) is 0 Å². The van der Waals surface area contributed by atoms with E-state index in [0.717, 1.165) is 24.9 Å². The minimum atomic E-state index is -0.388. The molecule has 0 aromatic heterocycles. The van der Waals surface area contributed by atoms with Crippen molar-refractivity contribution < 1.29 is 14.3 Å². The number of benzene rings is 1. The van der Waals surface area contributed by atoms with E-state index < -0.39 is 0 Å². The number of carbonyl (C=O) groups is 2. The van der Waals surface area contributed by atoms with Crippen LogP contribution in [0.15, 0.2) is 36.4 Å². The normalized spacial score (nSPS) is 20.9. The second-order valence-electron chi connectivity index (χ2n) is 6.75. The summed E-state index contributed by atoms with van der Waals surface area (Å²) in [7, 11) is 0. The highest BCUT2D eigenvalue weighted by Gasteiger charge is 2.40. The fourth-order valence-electron chi connectivity index (χ4n) is 3.56. The van der Waals surface area contributed by atoms with Gasteiger partial charge in [-0.05, 0) is 31.4 Å². The molecule has 2 amide bonds. The van der Waals surface area contributed by atoms with Gasteiger partial charge in [0, 0.05) is 32.3 Å². The molecule has 2 aliphatic rings. The first kappa shape index (κ1) is 17.7. The Kier molecular flexibility index (Phi) is 5.53. The highest BCUT2D eigenvalue weighted by atomic mass is 16.5. The van der Waals surface area contributed by atoms with Crippen LogP contribution >= 0.6 is 0 Å². The number of rotatable bonds is 3. The molecule has 2 fully saturated rings. The van der Waals surface area contributed by atoms with Gasteiger partial charge in [0.25, 0.3) is 0 Å². The molecule has 25 heavy (non-hydrogen) atoms. The van der Waals surface area contributed by atoms with Gasteiger partial charge in [-0.15, -0.1) is 0 Å². The van der Waals surface area contributed by atoms with Gasteiger partial charge in [0.2, 0.25) is 11.8 Å². The maximum absolute atomic E-state index is 12.4. The third-order valence-electron chi connectivity index (χ3n) is 5.18. The number of piperidine rings is 1. The zero-order chi connectivity index (χ0) is 17.7. The summed E-state index contributed by atoms with van der Waals surface area (Å²) in [5, 5.41) is 0. The Morgan fingerprint density at radius 3 is 2.60 bits per heavy atom. The summed E-state index contributed by atoms with van der Waals surface area (Å²) in [6, 6.07) is 9.80. The fraction of sp³-hybridized carbons (Fsp3) is 0.500. The molecule has 0 atom stereocenters. The average molecular weight is 342 g/mol. The van der Waals surface area contributed by atoms with E-state index >= 15 is 0 Å². The van der Waals surface area contributed by atoms with Crippen LogP contribution in [0.3, 0.4) is 0 Å². The first-order chi connectivity index (χ1) is 12.1. The second kappa shape index (κ2) is 7.83. The lowest BCUT2D eigenvalue weighted by Crippen LogP contribution is -2.48. The van der Waals surface area contributed by atoms with Gasteiger partial charge in [0.1, 0.15) is 0 Å². The van der Waals surface area contributed by atoms with Crippen molar-refractivity contribution in [2.24, 2.45) is 0 Å². The summed E-state index contributed by atoms with van der Waals surface area (Å²) >= 11 is 0. The largest absolute Gasteiger partial charge is 0.372 e. The van der Waals surface area contributed by atoms with Crippen molar-refractivity contribution in [2.45, 2.75) is 31.8 Å². The Balaban J connectivity index is 1.57. The molecular formula is C20H26N2O3. The smallest absolute Gasteiger partial charge is 0.246 e. The summed E-state index contributed by atoms with van der Waals surface area (Å²) in [6.07, 6.45) is 5.36. The summed E-state index contributed by atoms with van der Waals surface area (Å²) in [5.41, 5.74) is 0.627. The van der Waals surface area contributed by atoms with Crippen molar-refractivity contribution in [1.82, 2.24) is 9.80 Å². The van der Waals surface area contributed by atoms with Gasteiger partial charge >= 0.3 is 0 Å². The highest BCUT2D eigenvalue weighted by molar-refractivity contribution is 5.91. The first-order valence-electron chi connectivity index (χ1n) is 9.06. The van der Waals surface area contributed by atoms with E-state index in [4.69, 9.17) is 4.74 Å². The summed E-state index contributed by atoms with van der Waals surface area (Å²) in [4.78, 5) is 28.4. The van der Waals surface area contributed by atoms with Crippen molar-refractivity contribution in [1.29, 1.82) is 0 Å². The number of likely N-dealkylation sites (N-methyl/N-ethyl adjacent to an activating group) is 1. The lowest BCUT2D eigenvalue weighted by Gasteiger charge is -2.40. The standard InChI is InChI=1S/C20H26N2O3/c1-2-21-14-15-25-20(16-19(21)24)10-12-22(13-11-20)18(23)9-8-17-6-4-3-5-7-17/h3-9H,2,10-16H2,1H3. The number of amides is 2. The van der Waals surface area contributed by atoms with E-state index in [-0.39, 0.29) is 17.4 Å². The molecule has 0 radical (unpaired) electrons. The number of hydrogen-bond acceptors (Lipinski definition) is 3. The molecule has 1 spiro atoms. The van der Waals surface area contributed by atoms with Crippen LogP contribution in [0.1, 0.15) is 31.7 Å². The van der Waals surface area contributed by atoms with Gasteiger partial charge in [-0.2, -0.15) is 0 Å². The molecule has 1 aromatic carbocycles. The number of ether oxygens (including phenoxy) is 1. The number of hydrogen-bond donors (Lipinski definition) is 0. The van der Waals surface area contributed by atoms with Crippen LogP contribution in [0, 0.1) is 0 Å². The molecule has 5 nitrogen and oxygen atoms in total. The fourth-order valence-corrected chi connectivity index (χ4v) is 3.56. The molecule has 0 aliphatic carbocycles. The maximum atomic E-state index is 12.4. The zero-order valence-corrected chi connectivity index (χ0v) is 14.8. The van der Waals surface area contributed by atoms with Crippen LogP contribution in [0.5, 0.6) is 0 Å². The van der Waals surface area contributed by atoms with Crippen molar-refractivity contribution in [3.8, 4) is 0 Å². The Hall–Kier alpha value is -2.14. The van der Waals surface area contributed by atoms with Crippen LogP contribution in [0.25, 0.3) is 6.08 Å². The second-order valence-corrected chi connectivity index (χ2v) is 6.75. The topological polar surface area (TPSA) is 49.9 Å². The van der Waals surface area contributed by atoms with Crippen LogP contribution in [-0.2, 0) is 14.3 Å². The van der Waals surface area contributed by atoms with Gasteiger partial charge in [-0.3, -0.25) is 9.59 Å². The van der Waals surface area contributed by atoms with Crippen LogP contribution in [-0.4, -0.2) is 60.0 Å². The predicted molar refractivity (Wildman–Crippen MR) is 96.8 cm³/mol. The van der Waals surface area contributed by atoms with Gasteiger partial charge in [0.05, 0.1) is 18.6 Å². The molecule has 134 valence electrons. The third-order valence-corrected chi connectivity index (χ3v) is 5.18. The van der Waals surface area contributed by atoms with E-state index in [1.807, 2.05) is 53.1 Å². The Morgan fingerprint density at radius 2 is 1.92 bits per heavy atom. The molecule has 2 saturated heterocycles. The highest BCUT2D eigenvalue weighted by Crippen LogP contribution is 2.32. The first-order valence-corrected chi connectivity index (χ1v) is 9.06. The van der Waals surface area contributed by atoms with Crippen molar-refractivity contribution in [3.63, 3.8) is 0 Å². The average Bonchev–Trinajstić information content (AvgIpc) is 2.79. The molecule has 2 aliphatic heterocycles. The summed E-state index contributed by atoms with van der Waals surface area (Å²) in [5.74, 6) is 0.192. The Labute approximate surface area is 149 Å². The van der Waals surface area contributed by atoms with E-state index in [1.165, 1.54) is 0 Å². The molecule has 0 saturated carbocycles. The van der Waals surface area contributed by atoms with Crippen LogP contribution in [0.4, 0.5) is 0 Å². The minimum absolute atomic E-state index is 0.0221. The number of carbonyl (C=O) groups excluding carboxylic acids is 2. The van der Waals surface area contributed by atoms with E-state index in [0.29, 0.717) is 32.7 Å². The van der Waals surface area contributed by atoms with Gasteiger partial charge in [0.15, 0.2) is 0 Å². The lowest BCUT2D eigenvalue weighted by molar-refractivity contribution is -0.138. The molecule has 0 unspecified atom stereocenters. The number of nitrogens with zero attached hydrogens (tertiary/aromatic N) is 2. The van der Waals surface area contributed by atoms with E-state index in [2.05, 4.69) is 0 Å². The molecular weight excluding hydrogens is 316 g/mol. The SMILES string of the molecule is CCN1CCOC2(CCN(C(=O)C=Cc3ccccc3)CC2)CC1=O. The quantitative estimate of drug-likeness (QED) is 0.792. The van der Waals surface area contributed by atoms with Crippen molar-refractivity contribution >= 4 is 17.9 Å². The van der Waals surface area contributed by atoms with Gasteiger partial charge in [-0.1, -0.05) is 30.3 Å². The molecule has 1 aromatic rings. The lowest BCUT2D eigenvalue weighted by atomic mass is 9.87. The minimum Gasteiger partial charge on any atom is -0.372 e. The van der Waals surface area contributed by atoms with Crippen LogP contribution in [0.2, 0.25) is 0 Å². The van der Waals surface area contributed by atoms with Crippen molar-refractivity contribution in [2.75, 3.05) is 32.8 Å². The predicted octanol–water partition coefficient (Wildman–Crippen LogP) is 2.33. The van der Waals surface area contributed by atoms with E-state index in [9.17, 15) is 9.59 Å². The molecule has 2 heterocycles. The third kappa shape index (κ3) is 4.28. The Bertz CT molecular complexity index is 634. The zero-order valence-electron chi connectivity index (χ0n) is 14.8. The maximum Gasteiger partial charge on any atom is 0.246 e. The molecule has 3 rings (SSSR count). The molecule has 0 bridgehead atoms. The van der Waals surface area contributed by atoms with Gasteiger partial charge < -0.3 is 14.5 Å². The molecule has 0 N–H and O–H groups in total. The Morgan fingerprint density at radius 1 is 1.20 bits per heavy atom. The van der Waals surface area contributed by atoms with Crippen molar-refractivity contribution in [3.05, 3.63) is 42.0 Å².